The lowest BCUT2D eigenvalue weighted by Crippen LogP contribution is -2.28. The molecule has 12 heavy (non-hydrogen) atoms. The van der Waals surface area contributed by atoms with Crippen molar-refractivity contribution in [3.63, 3.8) is 0 Å². The molecule has 0 aliphatic heterocycles. The lowest BCUT2D eigenvalue weighted by atomic mass is 10.3. The quantitative estimate of drug-likeness (QED) is 0.537. The lowest BCUT2D eigenvalue weighted by molar-refractivity contribution is -0.113. The van der Waals surface area contributed by atoms with E-state index in [0.717, 1.165) is 0 Å². The molecule has 0 radical (unpaired) electrons. The fourth-order valence-corrected chi connectivity index (χ4v) is 0.942. The Morgan fingerprint density at radius 2 is 1.58 bits per heavy atom. The second-order valence-corrected chi connectivity index (χ2v) is 2.79. The van der Waals surface area contributed by atoms with Gasteiger partial charge in [0.25, 0.3) is 0 Å². The minimum atomic E-state index is -4.39. The maximum Gasteiger partial charge on any atom is 0.494 e. The molecule has 0 unspecified atom stereocenters. The van der Waals surface area contributed by atoms with Crippen molar-refractivity contribution in [2.45, 2.75) is 6.30 Å². The van der Waals surface area contributed by atoms with Crippen LogP contribution < -0.4 is 3.93 Å². The number of nitrogens with zero attached hydrogens (tertiary/aromatic N) is 1. The van der Waals surface area contributed by atoms with E-state index in [4.69, 9.17) is 0 Å². The van der Waals surface area contributed by atoms with Crippen LogP contribution >= 0.6 is 16.1 Å². The molecule has 1 aromatic rings. The maximum absolute atomic E-state index is 12.0. The van der Waals surface area contributed by atoms with Gasteiger partial charge in [0, 0.05) is 0 Å². The zero-order chi connectivity index (χ0) is 9.19. The Morgan fingerprint density at radius 1 is 1.08 bits per heavy atom. The first-order valence-electron chi connectivity index (χ1n) is 3.09. The first-order chi connectivity index (χ1) is 5.52. The Labute approximate surface area is 76.1 Å². The van der Waals surface area contributed by atoms with Gasteiger partial charge in [-0.25, -0.2) is 3.93 Å². The van der Waals surface area contributed by atoms with Crippen molar-refractivity contribution < 1.29 is 13.2 Å². The van der Waals surface area contributed by atoms with Gasteiger partial charge in [-0.05, 0) is 12.1 Å². The van der Waals surface area contributed by atoms with Gasteiger partial charge in [-0.2, -0.15) is 0 Å². The van der Waals surface area contributed by atoms with Gasteiger partial charge in [0.1, 0.15) is 0 Å². The van der Waals surface area contributed by atoms with Gasteiger partial charge >= 0.3 is 6.30 Å². The molecule has 0 aromatic heterocycles. The van der Waals surface area contributed by atoms with Crippen LogP contribution in [-0.2, 0) is 0 Å². The second-order valence-electron chi connectivity index (χ2n) is 2.08. The summed E-state index contributed by atoms with van der Waals surface area (Å²) in [5.41, 5.74) is 0.0602. The lowest BCUT2D eigenvalue weighted by Gasteiger charge is -2.18. The molecular weight excluding hydrogens is 235 g/mol. The summed E-state index contributed by atoms with van der Waals surface area (Å²) in [7, 11) is 0. The predicted octanol–water partition coefficient (Wildman–Crippen LogP) is 3.32. The molecule has 5 heteroatoms. The molecule has 0 atom stereocenters. The van der Waals surface area contributed by atoms with Gasteiger partial charge in [0.15, 0.2) is 0 Å². The fourth-order valence-electron chi connectivity index (χ4n) is 0.705. The van der Waals surface area contributed by atoms with Crippen molar-refractivity contribution >= 4 is 21.8 Å². The van der Waals surface area contributed by atoms with E-state index in [1.54, 1.807) is 6.07 Å². The van der Waals surface area contributed by atoms with Crippen LogP contribution in [-0.4, -0.2) is 6.30 Å². The third-order valence-electron chi connectivity index (χ3n) is 1.21. The van der Waals surface area contributed by atoms with E-state index < -0.39 is 6.30 Å². The van der Waals surface area contributed by atoms with Crippen molar-refractivity contribution in [1.82, 2.24) is 0 Å². The maximum atomic E-state index is 12.0. The van der Waals surface area contributed by atoms with Crippen LogP contribution in [0.5, 0.6) is 0 Å². The molecule has 0 bridgehead atoms. The Kier molecular flexibility index (Phi) is 2.62. The van der Waals surface area contributed by atoms with E-state index in [0.29, 0.717) is 0 Å². The zero-order valence-corrected chi connectivity index (χ0v) is 7.43. The third kappa shape index (κ3) is 2.14. The summed E-state index contributed by atoms with van der Waals surface area (Å²) >= 11 is 2.41. The summed E-state index contributed by atoms with van der Waals surface area (Å²) < 4.78 is 36.1. The van der Waals surface area contributed by atoms with Crippen molar-refractivity contribution in [2.75, 3.05) is 3.93 Å². The molecular formula is C7H5BrF3N. The van der Waals surface area contributed by atoms with Gasteiger partial charge in [0.2, 0.25) is 0 Å². The van der Waals surface area contributed by atoms with Crippen LogP contribution in [0.25, 0.3) is 0 Å². The first-order valence-corrected chi connectivity index (χ1v) is 3.80. The van der Waals surface area contributed by atoms with E-state index in [2.05, 4.69) is 16.1 Å². The third-order valence-corrected chi connectivity index (χ3v) is 2.02. The molecule has 0 N–H and O–H groups in total. The average Bonchev–Trinajstić information content (AvgIpc) is 2.03. The smallest absolute Gasteiger partial charge is 0.218 e. The SMILES string of the molecule is FC(F)(F)N(Br)c1ccccc1. The minimum Gasteiger partial charge on any atom is -0.218 e. The minimum absolute atomic E-state index is 0.0602. The Balaban J connectivity index is 2.86. The summed E-state index contributed by atoms with van der Waals surface area (Å²) in [6.45, 7) is 0. The number of para-hydroxylation sites is 1. The van der Waals surface area contributed by atoms with Crippen LogP contribution in [0.15, 0.2) is 30.3 Å². The van der Waals surface area contributed by atoms with Gasteiger partial charge in [0.05, 0.1) is 21.8 Å². The van der Waals surface area contributed by atoms with Gasteiger partial charge < -0.3 is 0 Å². The van der Waals surface area contributed by atoms with Crippen molar-refractivity contribution in [2.24, 2.45) is 0 Å². The Morgan fingerprint density at radius 3 is 2.00 bits per heavy atom. The molecule has 66 valence electrons. The standard InChI is InChI=1S/C7H5BrF3N/c8-12(7(9,10)11)6-4-2-1-3-5-6/h1-5H. The fraction of sp³-hybridized carbons (Fsp3) is 0.143. The highest BCUT2D eigenvalue weighted by molar-refractivity contribution is 9.10. The van der Waals surface area contributed by atoms with Crippen molar-refractivity contribution in [3.8, 4) is 0 Å². The van der Waals surface area contributed by atoms with Gasteiger partial charge in [-0.15, -0.1) is 13.2 Å². The Hall–Kier alpha value is -0.710. The Bertz CT molecular complexity index is 247. The number of anilines is 1. The molecule has 0 spiro atoms. The molecule has 1 rings (SSSR count). The molecule has 1 aromatic carbocycles. The van der Waals surface area contributed by atoms with E-state index >= 15 is 0 Å². The highest BCUT2D eigenvalue weighted by atomic mass is 79.9. The van der Waals surface area contributed by atoms with E-state index in [1.807, 2.05) is 0 Å². The molecule has 0 aliphatic carbocycles. The largest absolute Gasteiger partial charge is 0.494 e. The summed E-state index contributed by atoms with van der Waals surface area (Å²) in [5.74, 6) is 0. The van der Waals surface area contributed by atoms with Crippen LogP contribution in [0.3, 0.4) is 0 Å². The second kappa shape index (κ2) is 3.35. The molecule has 0 fully saturated rings. The van der Waals surface area contributed by atoms with E-state index in [9.17, 15) is 13.2 Å². The number of halogens is 4. The summed E-state index contributed by atoms with van der Waals surface area (Å²) in [5, 5.41) is 0. The first kappa shape index (κ1) is 9.38. The molecule has 0 heterocycles. The molecule has 0 aliphatic rings. The predicted molar refractivity (Wildman–Crippen MR) is 43.9 cm³/mol. The zero-order valence-electron chi connectivity index (χ0n) is 5.85. The van der Waals surface area contributed by atoms with E-state index in [1.165, 1.54) is 24.3 Å². The number of benzene rings is 1. The highest BCUT2D eigenvalue weighted by Crippen LogP contribution is 2.30. The molecule has 1 nitrogen and oxygen atoms in total. The summed E-state index contributed by atoms with van der Waals surface area (Å²) in [6, 6.07) is 7.45. The average molecular weight is 240 g/mol. The van der Waals surface area contributed by atoms with Crippen LogP contribution in [0.2, 0.25) is 0 Å². The number of hydrogen-bond acceptors (Lipinski definition) is 1. The monoisotopic (exact) mass is 239 g/mol. The number of alkyl halides is 3. The molecule has 0 saturated heterocycles. The van der Waals surface area contributed by atoms with Crippen LogP contribution in [0.1, 0.15) is 0 Å². The van der Waals surface area contributed by atoms with Crippen molar-refractivity contribution in [1.29, 1.82) is 0 Å². The van der Waals surface area contributed by atoms with E-state index in [-0.39, 0.29) is 9.61 Å². The highest BCUT2D eigenvalue weighted by Gasteiger charge is 2.36. The van der Waals surface area contributed by atoms with Crippen LogP contribution in [0.4, 0.5) is 18.9 Å². The topological polar surface area (TPSA) is 3.24 Å². The van der Waals surface area contributed by atoms with Crippen LogP contribution in [0, 0.1) is 0 Å². The number of hydrogen-bond donors (Lipinski definition) is 0. The van der Waals surface area contributed by atoms with Gasteiger partial charge in [-0.3, -0.25) is 0 Å². The summed E-state index contributed by atoms with van der Waals surface area (Å²) in [4.78, 5) is 0. The van der Waals surface area contributed by atoms with Crippen molar-refractivity contribution in [3.05, 3.63) is 30.3 Å². The molecule has 0 saturated carbocycles. The normalized spacial score (nSPS) is 11.3. The number of rotatable bonds is 1. The molecule has 0 amide bonds. The summed E-state index contributed by atoms with van der Waals surface area (Å²) in [6.07, 6.45) is -4.39. The van der Waals surface area contributed by atoms with Gasteiger partial charge in [-0.1, -0.05) is 18.2 Å².